The predicted molar refractivity (Wildman–Crippen MR) is 69.9 cm³/mol. The summed E-state index contributed by atoms with van der Waals surface area (Å²) < 4.78 is 9.90. The summed E-state index contributed by atoms with van der Waals surface area (Å²) >= 11 is 0. The molecule has 0 bridgehead atoms. The first-order chi connectivity index (χ1) is 9.12. The number of aromatic amines is 1. The van der Waals surface area contributed by atoms with E-state index in [-0.39, 0.29) is 25.0 Å². The SMILES string of the molecule is COC(CN)CC(=O)Nc1ccc2oc(=O)[nH]c2c1. The van der Waals surface area contributed by atoms with Gasteiger partial charge in [0.15, 0.2) is 5.58 Å². The molecule has 4 N–H and O–H groups in total. The highest BCUT2D eigenvalue weighted by Gasteiger charge is 2.12. The Kier molecular flexibility index (Phi) is 3.98. The molecular weight excluding hydrogens is 250 g/mol. The molecule has 1 heterocycles. The van der Waals surface area contributed by atoms with Gasteiger partial charge in [0.1, 0.15) is 0 Å². The number of oxazole rings is 1. The van der Waals surface area contributed by atoms with Crippen LogP contribution in [0.4, 0.5) is 5.69 Å². The van der Waals surface area contributed by atoms with Crippen LogP contribution in [-0.4, -0.2) is 30.6 Å². The molecular formula is C12H15N3O4. The van der Waals surface area contributed by atoms with E-state index in [4.69, 9.17) is 14.9 Å². The lowest BCUT2D eigenvalue weighted by molar-refractivity contribution is -0.118. The third-order valence-electron chi connectivity index (χ3n) is 2.71. The largest absolute Gasteiger partial charge is 0.417 e. The van der Waals surface area contributed by atoms with Crippen LogP contribution < -0.4 is 16.8 Å². The lowest BCUT2D eigenvalue weighted by atomic mass is 10.2. The smallest absolute Gasteiger partial charge is 0.408 e. The molecule has 0 aliphatic heterocycles. The Balaban J connectivity index is 2.08. The van der Waals surface area contributed by atoms with Gasteiger partial charge in [0.05, 0.1) is 18.0 Å². The van der Waals surface area contributed by atoms with E-state index in [9.17, 15) is 9.59 Å². The van der Waals surface area contributed by atoms with Crippen molar-refractivity contribution in [3.63, 3.8) is 0 Å². The number of carbonyl (C=O) groups is 1. The van der Waals surface area contributed by atoms with E-state index in [0.29, 0.717) is 16.8 Å². The fraction of sp³-hybridized carbons (Fsp3) is 0.333. The summed E-state index contributed by atoms with van der Waals surface area (Å²) in [7, 11) is 1.51. The normalized spacial score (nSPS) is 12.5. The number of hydrogen-bond acceptors (Lipinski definition) is 5. The lowest BCUT2D eigenvalue weighted by Gasteiger charge is -2.12. The molecule has 2 aromatic rings. The summed E-state index contributed by atoms with van der Waals surface area (Å²) in [5.41, 5.74) is 6.99. The Hall–Kier alpha value is -2.12. The standard InChI is InChI=1S/C12H15N3O4/c1-18-8(6-13)5-11(16)14-7-2-3-10-9(4-7)15-12(17)19-10/h2-4,8H,5-6,13H2,1H3,(H,14,16)(H,15,17). The molecule has 19 heavy (non-hydrogen) atoms. The first kappa shape index (κ1) is 13.3. The van der Waals surface area contributed by atoms with Gasteiger partial charge in [0.25, 0.3) is 0 Å². The topological polar surface area (TPSA) is 110 Å². The number of aromatic nitrogens is 1. The maximum atomic E-state index is 11.7. The number of methoxy groups -OCH3 is 1. The highest BCUT2D eigenvalue weighted by molar-refractivity contribution is 5.93. The Morgan fingerprint density at radius 2 is 2.37 bits per heavy atom. The summed E-state index contributed by atoms with van der Waals surface area (Å²) in [6, 6.07) is 4.89. The van der Waals surface area contributed by atoms with E-state index in [0.717, 1.165) is 0 Å². The summed E-state index contributed by atoms with van der Waals surface area (Å²) in [4.78, 5) is 25.3. The molecule has 0 fully saturated rings. The number of rotatable bonds is 5. The van der Waals surface area contributed by atoms with Gasteiger partial charge in [-0.3, -0.25) is 9.78 Å². The molecule has 0 spiro atoms. The number of hydrogen-bond donors (Lipinski definition) is 3. The van der Waals surface area contributed by atoms with E-state index >= 15 is 0 Å². The maximum Gasteiger partial charge on any atom is 0.417 e. The first-order valence-electron chi connectivity index (χ1n) is 5.78. The molecule has 2 rings (SSSR count). The maximum absolute atomic E-state index is 11.7. The first-order valence-corrected chi connectivity index (χ1v) is 5.78. The molecule has 0 saturated carbocycles. The second-order valence-corrected chi connectivity index (χ2v) is 4.07. The zero-order valence-corrected chi connectivity index (χ0v) is 10.4. The van der Waals surface area contributed by atoms with Crippen molar-refractivity contribution in [2.75, 3.05) is 19.0 Å². The number of anilines is 1. The molecule has 7 nitrogen and oxygen atoms in total. The minimum Gasteiger partial charge on any atom is -0.408 e. The number of benzene rings is 1. The molecule has 1 unspecified atom stereocenters. The van der Waals surface area contributed by atoms with Crippen LogP contribution in [0.25, 0.3) is 11.1 Å². The van der Waals surface area contributed by atoms with E-state index < -0.39 is 5.76 Å². The van der Waals surface area contributed by atoms with Crippen molar-refractivity contribution in [2.45, 2.75) is 12.5 Å². The van der Waals surface area contributed by atoms with Gasteiger partial charge < -0.3 is 20.2 Å². The van der Waals surface area contributed by atoms with Crippen LogP contribution >= 0.6 is 0 Å². The molecule has 0 aliphatic rings. The minimum atomic E-state index is -0.527. The molecule has 0 radical (unpaired) electrons. The Bertz CT molecular complexity index is 627. The van der Waals surface area contributed by atoms with E-state index in [1.54, 1.807) is 18.2 Å². The molecule has 7 heteroatoms. The van der Waals surface area contributed by atoms with Gasteiger partial charge in [-0.2, -0.15) is 0 Å². The summed E-state index contributed by atoms with van der Waals surface area (Å²) in [5.74, 6) is -0.733. The van der Waals surface area contributed by atoms with E-state index in [2.05, 4.69) is 10.3 Å². The third kappa shape index (κ3) is 3.21. The quantitative estimate of drug-likeness (QED) is 0.725. The minimum absolute atomic E-state index is 0.174. The monoisotopic (exact) mass is 265 g/mol. The Morgan fingerprint density at radius 1 is 1.58 bits per heavy atom. The van der Waals surface area contributed by atoms with Gasteiger partial charge >= 0.3 is 5.76 Å². The van der Waals surface area contributed by atoms with Crippen LogP contribution in [0.15, 0.2) is 27.4 Å². The van der Waals surface area contributed by atoms with Crippen LogP contribution in [0.3, 0.4) is 0 Å². The van der Waals surface area contributed by atoms with Crippen molar-refractivity contribution >= 4 is 22.7 Å². The summed E-state index contributed by atoms with van der Waals surface area (Å²) in [6.07, 6.45) is -0.134. The molecule has 102 valence electrons. The highest BCUT2D eigenvalue weighted by Crippen LogP contribution is 2.16. The summed E-state index contributed by atoms with van der Waals surface area (Å²) in [6.45, 7) is 0.276. The lowest BCUT2D eigenvalue weighted by Crippen LogP contribution is -2.28. The zero-order valence-electron chi connectivity index (χ0n) is 10.4. The van der Waals surface area contributed by atoms with Crippen LogP contribution in [-0.2, 0) is 9.53 Å². The molecule has 0 aliphatic carbocycles. The average molecular weight is 265 g/mol. The third-order valence-corrected chi connectivity index (χ3v) is 2.71. The number of fused-ring (bicyclic) bond motifs is 1. The zero-order chi connectivity index (χ0) is 13.8. The van der Waals surface area contributed by atoms with Crippen molar-refractivity contribution in [3.8, 4) is 0 Å². The van der Waals surface area contributed by atoms with Crippen LogP contribution in [0.5, 0.6) is 0 Å². The number of nitrogens with one attached hydrogen (secondary N) is 2. The number of H-pyrrole nitrogens is 1. The number of amides is 1. The van der Waals surface area contributed by atoms with Gasteiger partial charge in [-0.15, -0.1) is 0 Å². The van der Waals surface area contributed by atoms with Crippen LogP contribution in [0, 0.1) is 0 Å². The number of ether oxygens (including phenoxy) is 1. The molecule has 1 aromatic carbocycles. The van der Waals surface area contributed by atoms with Crippen molar-refractivity contribution in [2.24, 2.45) is 5.73 Å². The predicted octanol–water partition coefficient (Wildman–Crippen LogP) is 0.423. The van der Waals surface area contributed by atoms with Crippen molar-refractivity contribution in [3.05, 3.63) is 28.7 Å². The Labute approximate surface area is 108 Å². The van der Waals surface area contributed by atoms with Crippen molar-refractivity contribution in [1.29, 1.82) is 0 Å². The molecule has 1 atom stereocenters. The average Bonchev–Trinajstić information content (AvgIpc) is 2.75. The van der Waals surface area contributed by atoms with Crippen LogP contribution in [0.2, 0.25) is 0 Å². The van der Waals surface area contributed by atoms with Gasteiger partial charge in [0.2, 0.25) is 5.91 Å². The number of carbonyl (C=O) groups excluding carboxylic acids is 1. The fourth-order valence-corrected chi connectivity index (χ4v) is 1.71. The van der Waals surface area contributed by atoms with Gasteiger partial charge in [-0.1, -0.05) is 0 Å². The van der Waals surface area contributed by atoms with Gasteiger partial charge in [-0.25, -0.2) is 4.79 Å². The number of nitrogens with two attached hydrogens (primary N) is 1. The second-order valence-electron chi connectivity index (χ2n) is 4.07. The van der Waals surface area contributed by atoms with E-state index in [1.807, 2.05) is 0 Å². The second kappa shape index (κ2) is 5.68. The van der Waals surface area contributed by atoms with Crippen LogP contribution in [0.1, 0.15) is 6.42 Å². The van der Waals surface area contributed by atoms with Gasteiger partial charge in [-0.05, 0) is 18.2 Å². The summed E-state index contributed by atoms with van der Waals surface area (Å²) in [5, 5.41) is 2.70. The molecule has 1 aromatic heterocycles. The highest BCUT2D eigenvalue weighted by atomic mass is 16.5. The van der Waals surface area contributed by atoms with Crippen molar-refractivity contribution in [1.82, 2.24) is 4.98 Å². The molecule has 0 saturated heterocycles. The Morgan fingerprint density at radius 3 is 3.05 bits per heavy atom. The van der Waals surface area contributed by atoms with E-state index in [1.165, 1.54) is 7.11 Å². The van der Waals surface area contributed by atoms with Crippen molar-refractivity contribution < 1.29 is 13.9 Å². The molecule has 1 amide bonds. The fourth-order valence-electron chi connectivity index (χ4n) is 1.71. The van der Waals surface area contributed by atoms with Gasteiger partial charge in [0, 0.05) is 19.3 Å².